The molecule has 7 nitrogen and oxygen atoms in total. The highest BCUT2D eigenvalue weighted by molar-refractivity contribution is 7.92. The van der Waals surface area contributed by atoms with Crippen LogP contribution < -0.4 is 15.0 Å². The predicted molar refractivity (Wildman–Crippen MR) is 116 cm³/mol. The first-order valence-electron chi connectivity index (χ1n) is 9.82. The van der Waals surface area contributed by atoms with Crippen molar-refractivity contribution in [2.24, 2.45) is 4.99 Å². The quantitative estimate of drug-likeness (QED) is 0.571. The molecule has 0 bridgehead atoms. The summed E-state index contributed by atoms with van der Waals surface area (Å²) >= 11 is 0. The largest absolute Gasteiger partial charge is 0.497 e. The minimum atomic E-state index is -3.16. The Labute approximate surface area is 169 Å². The van der Waals surface area contributed by atoms with E-state index in [0.29, 0.717) is 0 Å². The van der Waals surface area contributed by atoms with Crippen molar-refractivity contribution in [1.29, 1.82) is 0 Å². The van der Waals surface area contributed by atoms with Crippen molar-refractivity contribution < 1.29 is 13.2 Å². The molecule has 0 atom stereocenters. The maximum Gasteiger partial charge on any atom is 0.194 e. The van der Waals surface area contributed by atoms with Gasteiger partial charge < -0.3 is 19.9 Å². The lowest BCUT2D eigenvalue weighted by Crippen LogP contribution is -2.52. The lowest BCUT2D eigenvalue weighted by molar-refractivity contribution is 0.372. The van der Waals surface area contributed by atoms with Gasteiger partial charge in [-0.2, -0.15) is 0 Å². The third-order valence-corrected chi connectivity index (χ3v) is 7.47. The van der Waals surface area contributed by atoms with E-state index in [1.54, 1.807) is 27.9 Å². The number of nitrogens with zero attached hydrogens (tertiary/aromatic N) is 3. The van der Waals surface area contributed by atoms with Crippen LogP contribution in [0.2, 0.25) is 0 Å². The molecule has 2 rings (SSSR count). The zero-order valence-corrected chi connectivity index (χ0v) is 18.6. The van der Waals surface area contributed by atoms with Crippen molar-refractivity contribution in [3.63, 3.8) is 0 Å². The smallest absolute Gasteiger partial charge is 0.194 e. The second kappa shape index (κ2) is 9.49. The maximum atomic E-state index is 12.3. The lowest BCUT2D eigenvalue weighted by atomic mass is 10.2. The Bertz CT molecular complexity index is 764. The molecule has 0 unspecified atom stereocenters. The first-order chi connectivity index (χ1) is 13.2. The van der Waals surface area contributed by atoms with E-state index in [4.69, 9.17) is 4.74 Å². The highest BCUT2D eigenvalue weighted by Crippen LogP contribution is 2.22. The van der Waals surface area contributed by atoms with Crippen molar-refractivity contribution >= 4 is 21.5 Å². The molecule has 1 aromatic carbocycles. The molecule has 1 aliphatic heterocycles. The Morgan fingerprint density at radius 2 is 1.89 bits per heavy atom. The molecule has 1 heterocycles. The highest BCUT2D eigenvalue weighted by Gasteiger charge is 2.28. The fraction of sp³-hybridized carbons (Fsp3) is 0.650. The molecule has 158 valence electrons. The molecule has 0 aliphatic carbocycles. The van der Waals surface area contributed by atoms with Crippen LogP contribution in [0.4, 0.5) is 5.69 Å². The third kappa shape index (κ3) is 5.77. The molecule has 1 saturated heterocycles. The number of benzene rings is 1. The fourth-order valence-electron chi connectivity index (χ4n) is 2.99. The van der Waals surface area contributed by atoms with E-state index in [1.807, 2.05) is 25.1 Å². The second-order valence-corrected chi connectivity index (χ2v) is 10.7. The summed E-state index contributed by atoms with van der Waals surface area (Å²) in [6.45, 7) is 11.6. The SMILES string of the molecule is CCNC(=NCCS(=O)(=O)C(C)(C)C)N1CCN(c2cccc(OC)c2)CC1. The summed E-state index contributed by atoms with van der Waals surface area (Å²) in [5, 5.41) is 3.29. The average Bonchev–Trinajstić information content (AvgIpc) is 2.66. The molecular weight excluding hydrogens is 376 g/mol. The molecule has 0 spiro atoms. The Balaban J connectivity index is 1.98. The predicted octanol–water partition coefficient (Wildman–Crippen LogP) is 2.00. The van der Waals surface area contributed by atoms with Crippen LogP contribution in [0.15, 0.2) is 29.3 Å². The Hall–Kier alpha value is -1.96. The Kier molecular flexibility index (Phi) is 7.57. The first kappa shape index (κ1) is 22.3. The van der Waals surface area contributed by atoms with Crippen molar-refractivity contribution in [2.45, 2.75) is 32.4 Å². The number of ether oxygens (including phenoxy) is 1. The van der Waals surface area contributed by atoms with E-state index in [-0.39, 0.29) is 12.3 Å². The lowest BCUT2D eigenvalue weighted by Gasteiger charge is -2.37. The van der Waals surface area contributed by atoms with Gasteiger partial charge in [-0.15, -0.1) is 0 Å². The summed E-state index contributed by atoms with van der Waals surface area (Å²) in [5.74, 6) is 1.71. The summed E-state index contributed by atoms with van der Waals surface area (Å²) in [6, 6.07) is 8.09. The van der Waals surface area contributed by atoms with Crippen LogP contribution >= 0.6 is 0 Å². The zero-order chi connectivity index (χ0) is 20.8. The number of piperazine rings is 1. The summed E-state index contributed by atoms with van der Waals surface area (Å²) in [6.07, 6.45) is 0. The van der Waals surface area contributed by atoms with Gasteiger partial charge in [0.15, 0.2) is 15.8 Å². The Morgan fingerprint density at radius 3 is 2.46 bits per heavy atom. The number of guanidine groups is 1. The number of aliphatic imine (C=N–C) groups is 1. The number of sulfone groups is 1. The minimum Gasteiger partial charge on any atom is -0.497 e. The molecule has 28 heavy (non-hydrogen) atoms. The van der Waals surface area contributed by atoms with Crippen LogP contribution in [0, 0.1) is 0 Å². The van der Waals surface area contributed by atoms with Crippen LogP contribution in [0.5, 0.6) is 5.75 Å². The summed E-state index contributed by atoms with van der Waals surface area (Å²) < 4.78 is 29.2. The number of anilines is 1. The molecule has 0 amide bonds. The van der Waals surface area contributed by atoms with Crippen LogP contribution in [0.3, 0.4) is 0 Å². The van der Waals surface area contributed by atoms with Gasteiger partial charge in [0.25, 0.3) is 0 Å². The second-order valence-electron chi connectivity index (χ2n) is 7.84. The average molecular weight is 411 g/mol. The van der Waals surface area contributed by atoms with Gasteiger partial charge >= 0.3 is 0 Å². The van der Waals surface area contributed by atoms with E-state index in [2.05, 4.69) is 26.2 Å². The molecule has 1 N–H and O–H groups in total. The van der Waals surface area contributed by atoms with E-state index in [9.17, 15) is 8.42 Å². The molecule has 8 heteroatoms. The Morgan fingerprint density at radius 1 is 1.21 bits per heavy atom. The first-order valence-corrected chi connectivity index (χ1v) is 11.5. The van der Waals surface area contributed by atoms with Gasteiger partial charge in [-0.1, -0.05) is 6.07 Å². The number of nitrogens with one attached hydrogen (secondary N) is 1. The van der Waals surface area contributed by atoms with Gasteiger partial charge in [0, 0.05) is 44.5 Å². The molecule has 1 fully saturated rings. The standard InChI is InChI=1S/C20H34N4O3S/c1-6-21-19(22-10-15-28(25,26)20(2,3)4)24-13-11-23(12-14-24)17-8-7-9-18(16-17)27-5/h7-9,16H,6,10-15H2,1-5H3,(H,21,22). The van der Waals surface area contributed by atoms with Gasteiger partial charge in [-0.3, -0.25) is 4.99 Å². The molecule has 0 radical (unpaired) electrons. The fourth-order valence-corrected chi connectivity index (χ4v) is 3.93. The molecule has 0 saturated carbocycles. The van der Waals surface area contributed by atoms with Crippen molar-refractivity contribution in [2.75, 3.05) is 57.0 Å². The minimum absolute atomic E-state index is 0.0647. The molecular formula is C20H34N4O3S. The van der Waals surface area contributed by atoms with E-state index < -0.39 is 14.6 Å². The number of hydrogen-bond acceptors (Lipinski definition) is 5. The van der Waals surface area contributed by atoms with Crippen molar-refractivity contribution in [3.05, 3.63) is 24.3 Å². The van der Waals surface area contributed by atoms with Gasteiger partial charge in [-0.05, 0) is 39.8 Å². The molecule has 1 aromatic rings. The van der Waals surface area contributed by atoms with E-state index in [0.717, 1.165) is 50.1 Å². The van der Waals surface area contributed by atoms with E-state index in [1.165, 1.54) is 0 Å². The third-order valence-electron chi connectivity index (χ3n) is 4.89. The van der Waals surface area contributed by atoms with E-state index >= 15 is 0 Å². The van der Waals surface area contributed by atoms with Crippen LogP contribution in [0.1, 0.15) is 27.7 Å². The van der Waals surface area contributed by atoms with Gasteiger partial charge in [0.2, 0.25) is 0 Å². The number of hydrogen-bond donors (Lipinski definition) is 1. The summed E-state index contributed by atoms with van der Waals surface area (Å²) in [5.41, 5.74) is 1.15. The highest BCUT2D eigenvalue weighted by atomic mass is 32.2. The van der Waals surface area contributed by atoms with Crippen LogP contribution in [0.25, 0.3) is 0 Å². The van der Waals surface area contributed by atoms with Gasteiger partial charge in [0.05, 0.1) is 24.2 Å². The maximum absolute atomic E-state index is 12.3. The molecule has 0 aromatic heterocycles. The van der Waals surface area contributed by atoms with Crippen molar-refractivity contribution in [1.82, 2.24) is 10.2 Å². The van der Waals surface area contributed by atoms with Crippen molar-refractivity contribution in [3.8, 4) is 5.75 Å². The topological polar surface area (TPSA) is 74.2 Å². The van der Waals surface area contributed by atoms with Crippen LogP contribution in [-0.2, 0) is 9.84 Å². The monoisotopic (exact) mass is 410 g/mol. The van der Waals surface area contributed by atoms with Crippen LogP contribution in [-0.4, -0.2) is 76.2 Å². The number of methoxy groups -OCH3 is 1. The summed E-state index contributed by atoms with van der Waals surface area (Å²) in [7, 11) is -1.49. The van der Waals surface area contributed by atoms with Gasteiger partial charge in [0.1, 0.15) is 5.75 Å². The summed E-state index contributed by atoms with van der Waals surface area (Å²) in [4.78, 5) is 9.10. The molecule has 1 aliphatic rings. The van der Waals surface area contributed by atoms with Gasteiger partial charge in [-0.25, -0.2) is 8.42 Å². The normalized spacial score (nSPS) is 16.2. The number of rotatable bonds is 6. The zero-order valence-electron chi connectivity index (χ0n) is 17.7.